The first kappa shape index (κ1) is 26.4. The second-order valence-corrected chi connectivity index (χ2v) is 11.2. The van der Waals surface area contributed by atoms with Gasteiger partial charge in [0, 0.05) is 28.1 Å². The molecule has 0 saturated carbocycles. The van der Waals surface area contributed by atoms with Crippen molar-refractivity contribution in [2.24, 2.45) is 0 Å². The third-order valence-corrected chi connectivity index (χ3v) is 8.39. The van der Waals surface area contributed by atoms with E-state index in [0.29, 0.717) is 0 Å². The van der Waals surface area contributed by atoms with E-state index in [9.17, 15) is 0 Å². The van der Waals surface area contributed by atoms with E-state index in [1.54, 1.807) is 0 Å². The molecule has 0 aliphatic carbocycles. The van der Waals surface area contributed by atoms with E-state index in [2.05, 4.69) is 161 Å². The van der Waals surface area contributed by atoms with Crippen LogP contribution >= 0.6 is 0 Å². The number of rotatable bonds is 6. The van der Waals surface area contributed by atoms with Gasteiger partial charge >= 0.3 is 0 Å². The molecule has 1 aliphatic rings. The summed E-state index contributed by atoms with van der Waals surface area (Å²) >= 11 is 0. The van der Waals surface area contributed by atoms with Crippen LogP contribution in [0.1, 0.15) is 35.2 Å². The zero-order valence-corrected chi connectivity index (χ0v) is 24.1. The van der Waals surface area contributed by atoms with E-state index >= 15 is 0 Å². The second-order valence-electron chi connectivity index (χ2n) is 11.2. The van der Waals surface area contributed by atoms with Crippen LogP contribution < -0.4 is 21.3 Å². The van der Waals surface area contributed by atoms with E-state index in [-0.39, 0.29) is 18.5 Å². The van der Waals surface area contributed by atoms with Gasteiger partial charge in [-0.05, 0) is 46.5 Å². The molecule has 2 heterocycles. The summed E-state index contributed by atoms with van der Waals surface area (Å²) in [5, 5.41) is 17.2. The van der Waals surface area contributed by atoms with Crippen molar-refractivity contribution in [3.63, 3.8) is 0 Å². The third kappa shape index (κ3) is 5.14. The Bertz CT molecular complexity index is 1980. The number of benzene rings is 6. The van der Waals surface area contributed by atoms with Crippen molar-refractivity contribution >= 4 is 33.3 Å². The topological polar surface area (TPSA) is 61.3 Å². The maximum Gasteiger partial charge on any atom is 0.137 e. The average Bonchev–Trinajstić information content (AvgIpc) is 3.46. The van der Waals surface area contributed by atoms with Crippen molar-refractivity contribution in [3.8, 4) is 11.1 Å². The highest BCUT2D eigenvalue weighted by molar-refractivity contribution is 6.08. The Morgan fingerprint density at radius 1 is 0.455 bits per heavy atom. The summed E-state index contributed by atoms with van der Waals surface area (Å²) in [6.45, 7) is 0. The number of para-hydroxylation sites is 1. The lowest BCUT2D eigenvalue weighted by Crippen LogP contribution is -2.54. The molecule has 44 heavy (non-hydrogen) atoms. The lowest BCUT2D eigenvalue weighted by molar-refractivity contribution is 0.203. The summed E-state index contributed by atoms with van der Waals surface area (Å²) in [6.07, 6.45) is -0.0589. The summed E-state index contributed by atoms with van der Waals surface area (Å²) in [5.41, 5.74) is 9.62. The highest BCUT2D eigenvalue weighted by atomic mass is 16.3. The number of anilines is 2. The number of hydrogen-bond acceptors (Lipinski definition) is 5. The van der Waals surface area contributed by atoms with Crippen molar-refractivity contribution in [1.29, 1.82) is 0 Å². The number of nitrogens with one attached hydrogen (secondary N) is 4. The van der Waals surface area contributed by atoms with Crippen LogP contribution in [0.2, 0.25) is 0 Å². The van der Waals surface area contributed by atoms with E-state index in [0.717, 1.165) is 50.0 Å². The Morgan fingerprint density at radius 2 is 0.977 bits per heavy atom. The van der Waals surface area contributed by atoms with Crippen LogP contribution in [0, 0.1) is 0 Å². The molecule has 0 bridgehead atoms. The van der Waals surface area contributed by atoms with Gasteiger partial charge in [0.25, 0.3) is 0 Å². The molecule has 1 aliphatic heterocycles. The molecule has 4 N–H and O–H groups in total. The zero-order chi connectivity index (χ0) is 29.3. The maximum atomic E-state index is 6.25. The Kier molecular flexibility index (Phi) is 6.89. The van der Waals surface area contributed by atoms with Crippen molar-refractivity contribution in [1.82, 2.24) is 16.0 Å². The van der Waals surface area contributed by atoms with Gasteiger partial charge in [-0.25, -0.2) is 0 Å². The molecule has 1 fully saturated rings. The summed E-state index contributed by atoms with van der Waals surface area (Å²) in [4.78, 5) is 0. The Balaban J connectivity index is 1.11. The Labute approximate surface area is 256 Å². The molecule has 6 aromatic carbocycles. The van der Waals surface area contributed by atoms with Crippen molar-refractivity contribution in [2.45, 2.75) is 18.5 Å². The summed E-state index contributed by atoms with van der Waals surface area (Å²) < 4.78 is 6.25. The molecule has 2 atom stereocenters. The summed E-state index contributed by atoms with van der Waals surface area (Å²) in [7, 11) is 0. The van der Waals surface area contributed by atoms with Crippen LogP contribution in [0.5, 0.6) is 0 Å². The maximum absolute atomic E-state index is 6.25. The standard InChI is InChI=1S/C39H32N4O/c1-4-12-26(13-5-1)32-24-33-31-18-10-11-19-35(31)44-36(33)25-34(32)40-30-22-20-29(21-23-30)39-42-37(27-14-6-2-7-15-27)41-38(43-39)28-16-8-3-9-17-28/h1-25,37-43H. The average molecular weight is 573 g/mol. The van der Waals surface area contributed by atoms with Gasteiger partial charge < -0.3 is 9.73 Å². The minimum absolute atomic E-state index is 0.00516. The number of fused-ring (bicyclic) bond motifs is 3. The van der Waals surface area contributed by atoms with Crippen molar-refractivity contribution in [3.05, 3.63) is 168 Å². The molecular formula is C39H32N4O. The largest absolute Gasteiger partial charge is 0.456 e. The fraction of sp³-hybridized carbons (Fsp3) is 0.0769. The van der Waals surface area contributed by atoms with E-state index < -0.39 is 0 Å². The van der Waals surface area contributed by atoms with Gasteiger partial charge in [-0.2, -0.15) is 0 Å². The fourth-order valence-corrected chi connectivity index (χ4v) is 6.16. The molecule has 7 aromatic rings. The predicted molar refractivity (Wildman–Crippen MR) is 179 cm³/mol. The first-order valence-corrected chi connectivity index (χ1v) is 15.0. The van der Waals surface area contributed by atoms with Gasteiger partial charge in [0.15, 0.2) is 0 Å². The van der Waals surface area contributed by atoms with E-state index in [1.165, 1.54) is 11.1 Å². The van der Waals surface area contributed by atoms with Crippen LogP contribution in [-0.2, 0) is 0 Å². The Hall–Kier alpha value is -5.20. The highest BCUT2D eigenvalue weighted by Crippen LogP contribution is 2.39. The summed E-state index contributed by atoms with van der Waals surface area (Å²) in [5.74, 6) is 0. The van der Waals surface area contributed by atoms with Crippen LogP contribution in [0.3, 0.4) is 0 Å². The van der Waals surface area contributed by atoms with E-state index in [1.807, 2.05) is 12.1 Å². The molecule has 1 aromatic heterocycles. The second kappa shape index (κ2) is 11.5. The van der Waals surface area contributed by atoms with Crippen LogP contribution in [0.4, 0.5) is 11.4 Å². The molecular weight excluding hydrogens is 540 g/mol. The van der Waals surface area contributed by atoms with Gasteiger partial charge in [-0.1, -0.05) is 121 Å². The normalized spacial score (nSPS) is 18.4. The first-order chi connectivity index (χ1) is 21.8. The number of hydrogen-bond donors (Lipinski definition) is 4. The molecule has 8 rings (SSSR count). The minimum atomic E-state index is -0.0486. The fourth-order valence-electron chi connectivity index (χ4n) is 6.16. The van der Waals surface area contributed by atoms with Gasteiger partial charge in [0.2, 0.25) is 0 Å². The smallest absolute Gasteiger partial charge is 0.137 e. The number of furan rings is 1. The first-order valence-electron chi connectivity index (χ1n) is 15.0. The third-order valence-electron chi connectivity index (χ3n) is 8.39. The minimum Gasteiger partial charge on any atom is -0.456 e. The molecule has 214 valence electrons. The monoisotopic (exact) mass is 572 g/mol. The summed E-state index contributed by atoms with van der Waals surface area (Å²) in [6, 6.07) is 52.8. The molecule has 0 radical (unpaired) electrons. The Morgan fingerprint density at radius 3 is 1.59 bits per heavy atom. The van der Waals surface area contributed by atoms with Crippen LogP contribution in [-0.4, -0.2) is 0 Å². The van der Waals surface area contributed by atoms with Crippen molar-refractivity contribution in [2.75, 3.05) is 5.32 Å². The van der Waals surface area contributed by atoms with Gasteiger partial charge in [-0.15, -0.1) is 0 Å². The van der Waals surface area contributed by atoms with Gasteiger partial charge in [-0.3, -0.25) is 16.0 Å². The molecule has 1 saturated heterocycles. The van der Waals surface area contributed by atoms with Gasteiger partial charge in [0.05, 0.1) is 24.2 Å². The predicted octanol–water partition coefficient (Wildman–Crippen LogP) is 9.18. The molecule has 2 unspecified atom stereocenters. The van der Waals surface area contributed by atoms with Crippen molar-refractivity contribution < 1.29 is 4.42 Å². The lowest BCUT2D eigenvalue weighted by atomic mass is 10.00. The van der Waals surface area contributed by atoms with Crippen LogP contribution in [0.15, 0.2) is 156 Å². The van der Waals surface area contributed by atoms with E-state index in [4.69, 9.17) is 4.42 Å². The molecule has 0 spiro atoms. The van der Waals surface area contributed by atoms with Crippen LogP contribution in [0.25, 0.3) is 33.1 Å². The lowest BCUT2D eigenvalue weighted by Gasteiger charge is -2.39. The SMILES string of the molecule is c1ccc(-c2cc3c(cc2Nc2ccc(C4NC(c5ccccc5)NC(c5ccccc5)N4)cc2)oc2ccccc23)cc1. The molecule has 0 amide bonds. The zero-order valence-electron chi connectivity index (χ0n) is 24.1. The highest BCUT2D eigenvalue weighted by Gasteiger charge is 2.29. The van der Waals surface area contributed by atoms with Gasteiger partial charge in [0.1, 0.15) is 11.2 Å². The molecule has 5 heteroatoms. The quantitative estimate of drug-likeness (QED) is 0.160. The molecule has 5 nitrogen and oxygen atoms in total.